The second kappa shape index (κ2) is 7.84. The van der Waals surface area contributed by atoms with Gasteiger partial charge in [-0.3, -0.25) is 4.98 Å². The van der Waals surface area contributed by atoms with Gasteiger partial charge in [0.05, 0.1) is 0 Å². The fraction of sp³-hybridized carbons (Fsp3) is 0.421. The number of hydrogen-bond acceptors (Lipinski definition) is 1. The second-order valence-corrected chi connectivity index (χ2v) is 5.57. The lowest BCUT2D eigenvalue weighted by Crippen LogP contribution is -2.00. The lowest BCUT2D eigenvalue weighted by molar-refractivity contribution is 0.703. The highest BCUT2D eigenvalue weighted by Crippen LogP contribution is 2.11. The number of nitrogens with zero attached hydrogens (tertiary/aromatic N) is 1. The van der Waals surface area contributed by atoms with E-state index in [1.165, 1.54) is 41.8 Å². The van der Waals surface area contributed by atoms with Crippen molar-refractivity contribution >= 4 is 0 Å². The summed E-state index contributed by atoms with van der Waals surface area (Å²) in [6, 6.07) is 15.1. The fourth-order valence-electron chi connectivity index (χ4n) is 2.55. The molecule has 1 nitrogen and oxygen atoms in total. The minimum atomic E-state index is 1.03. The van der Waals surface area contributed by atoms with Crippen LogP contribution in [0, 0.1) is 6.92 Å². The Hall–Kier alpha value is -1.63. The van der Waals surface area contributed by atoms with E-state index in [0.29, 0.717) is 0 Å². The Kier molecular flexibility index (Phi) is 5.79. The molecule has 0 unspecified atom stereocenters. The summed E-state index contributed by atoms with van der Waals surface area (Å²) >= 11 is 0. The highest BCUT2D eigenvalue weighted by Gasteiger charge is 2.02. The largest absolute Gasteiger partial charge is 0.258 e. The molecule has 0 aliphatic rings. The Balaban J connectivity index is 1.97. The molecule has 2 aromatic rings. The van der Waals surface area contributed by atoms with Crippen LogP contribution in [0.4, 0.5) is 0 Å². The highest BCUT2D eigenvalue weighted by molar-refractivity contribution is 5.22. The first-order valence-corrected chi connectivity index (χ1v) is 7.78. The molecule has 0 spiro atoms. The molecule has 0 fully saturated rings. The van der Waals surface area contributed by atoms with Crippen molar-refractivity contribution in [3.8, 4) is 0 Å². The van der Waals surface area contributed by atoms with Gasteiger partial charge in [-0.15, -0.1) is 0 Å². The summed E-state index contributed by atoms with van der Waals surface area (Å²) in [6.45, 7) is 4.42. The zero-order valence-corrected chi connectivity index (χ0v) is 12.7. The SMILES string of the molecule is CCCCCc1cc(C)cc(CCc2ccccc2)n1. The summed E-state index contributed by atoms with van der Waals surface area (Å²) in [5.41, 5.74) is 5.24. The summed E-state index contributed by atoms with van der Waals surface area (Å²) in [6.07, 6.45) is 7.05. The maximum Gasteiger partial charge on any atom is 0.0412 e. The molecule has 20 heavy (non-hydrogen) atoms. The van der Waals surface area contributed by atoms with E-state index >= 15 is 0 Å². The number of aromatic nitrogens is 1. The number of pyridine rings is 1. The van der Waals surface area contributed by atoms with E-state index in [1.54, 1.807) is 0 Å². The molecule has 1 aromatic heterocycles. The van der Waals surface area contributed by atoms with Crippen molar-refractivity contribution in [3.05, 3.63) is 65.0 Å². The molecule has 1 heterocycles. The van der Waals surface area contributed by atoms with Gasteiger partial charge in [-0.25, -0.2) is 0 Å². The van der Waals surface area contributed by atoms with Crippen LogP contribution in [0.1, 0.15) is 48.7 Å². The van der Waals surface area contributed by atoms with E-state index in [1.807, 2.05) is 0 Å². The third-order valence-electron chi connectivity index (χ3n) is 3.62. The molecular formula is C19H25N. The average Bonchev–Trinajstić information content (AvgIpc) is 2.46. The summed E-state index contributed by atoms with van der Waals surface area (Å²) in [5, 5.41) is 0. The molecular weight excluding hydrogens is 242 g/mol. The lowest BCUT2D eigenvalue weighted by Gasteiger charge is -2.07. The van der Waals surface area contributed by atoms with Crippen LogP contribution < -0.4 is 0 Å². The Morgan fingerprint density at radius 2 is 1.55 bits per heavy atom. The number of rotatable bonds is 7. The standard InChI is InChI=1S/C19H25N/c1-3-4-6-11-18-14-16(2)15-19(20-18)13-12-17-9-7-5-8-10-17/h5,7-10,14-15H,3-4,6,11-13H2,1-2H3. The molecule has 0 amide bonds. The van der Waals surface area contributed by atoms with E-state index in [9.17, 15) is 0 Å². The lowest BCUT2D eigenvalue weighted by atomic mass is 10.1. The van der Waals surface area contributed by atoms with Gasteiger partial charge in [0, 0.05) is 11.4 Å². The maximum absolute atomic E-state index is 4.82. The number of unbranched alkanes of at least 4 members (excludes halogenated alkanes) is 2. The highest BCUT2D eigenvalue weighted by atomic mass is 14.7. The predicted octanol–water partition coefficient (Wildman–Crippen LogP) is 4.91. The molecule has 0 aliphatic carbocycles. The first-order valence-electron chi connectivity index (χ1n) is 7.78. The zero-order valence-electron chi connectivity index (χ0n) is 12.7. The third kappa shape index (κ3) is 4.80. The van der Waals surface area contributed by atoms with Crippen LogP contribution in [0.3, 0.4) is 0 Å². The van der Waals surface area contributed by atoms with Gasteiger partial charge in [-0.1, -0.05) is 50.1 Å². The molecule has 0 saturated carbocycles. The Morgan fingerprint density at radius 1 is 0.850 bits per heavy atom. The van der Waals surface area contributed by atoms with E-state index in [-0.39, 0.29) is 0 Å². The second-order valence-electron chi connectivity index (χ2n) is 5.57. The normalized spacial score (nSPS) is 10.7. The van der Waals surface area contributed by atoms with Crippen molar-refractivity contribution in [1.82, 2.24) is 4.98 Å². The van der Waals surface area contributed by atoms with Gasteiger partial charge in [0.15, 0.2) is 0 Å². The molecule has 1 aromatic carbocycles. The summed E-state index contributed by atoms with van der Waals surface area (Å²) in [5.74, 6) is 0. The van der Waals surface area contributed by atoms with Gasteiger partial charge in [0.25, 0.3) is 0 Å². The Labute approximate surface area is 123 Å². The van der Waals surface area contributed by atoms with Crippen molar-refractivity contribution in [2.45, 2.75) is 52.4 Å². The summed E-state index contributed by atoms with van der Waals surface area (Å²) in [7, 11) is 0. The van der Waals surface area contributed by atoms with Crippen LogP contribution in [0.25, 0.3) is 0 Å². The van der Waals surface area contributed by atoms with E-state index in [4.69, 9.17) is 4.98 Å². The molecule has 106 valence electrons. The van der Waals surface area contributed by atoms with Crippen LogP contribution in [-0.4, -0.2) is 4.98 Å². The Bertz CT molecular complexity index is 517. The van der Waals surface area contributed by atoms with Crippen LogP contribution in [-0.2, 0) is 19.3 Å². The van der Waals surface area contributed by atoms with Gasteiger partial charge < -0.3 is 0 Å². The molecule has 0 radical (unpaired) electrons. The van der Waals surface area contributed by atoms with Crippen molar-refractivity contribution in [2.75, 3.05) is 0 Å². The zero-order chi connectivity index (χ0) is 14.2. The topological polar surface area (TPSA) is 12.9 Å². The minimum absolute atomic E-state index is 1.03. The van der Waals surface area contributed by atoms with Gasteiger partial charge in [0.1, 0.15) is 0 Å². The first-order chi connectivity index (χ1) is 9.78. The smallest absolute Gasteiger partial charge is 0.0412 e. The maximum atomic E-state index is 4.82. The quantitative estimate of drug-likeness (QED) is 0.650. The molecule has 0 aliphatic heterocycles. The van der Waals surface area contributed by atoms with Gasteiger partial charge >= 0.3 is 0 Å². The van der Waals surface area contributed by atoms with Crippen LogP contribution >= 0.6 is 0 Å². The molecule has 2 rings (SSSR count). The van der Waals surface area contributed by atoms with Crippen molar-refractivity contribution in [1.29, 1.82) is 0 Å². The number of aryl methyl sites for hydroxylation is 4. The van der Waals surface area contributed by atoms with Crippen molar-refractivity contribution in [3.63, 3.8) is 0 Å². The van der Waals surface area contributed by atoms with E-state index in [2.05, 4.69) is 56.3 Å². The van der Waals surface area contributed by atoms with E-state index in [0.717, 1.165) is 19.3 Å². The number of benzene rings is 1. The summed E-state index contributed by atoms with van der Waals surface area (Å²) in [4.78, 5) is 4.82. The third-order valence-corrected chi connectivity index (χ3v) is 3.62. The minimum Gasteiger partial charge on any atom is -0.258 e. The first kappa shape index (κ1) is 14.8. The van der Waals surface area contributed by atoms with Crippen LogP contribution in [0.5, 0.6) is 0 Å². The molecule has 0 N–H and O–H groups in total. The number of hydrogen-bond donors (Lipinski definition) is 0. The van der Waals surface area contributed by atoms with E-state index < -0.39 is 0 Å². The molecule has 0 atom stereocenters. The molecule has 1 heteroatoms. The van der Waals surface area contributed by atoms with Crippen molar-refractivity contribution in [2.24, 2.45) is 0 Å². The van der Waals surface area contributed by atoms with Crippen LogP contribution in [0.15, 0.2) is 42.5 Å². The van der Waals surface area contributed by atoms with Gasteiger partial charge in [0.2, 0.25) is 0 Å². The van der Waals surface area contributed by atoms with Gasteiger partial charge in [-0.2, -0.15) is 0 Å². The Morgan fingerprint density at radius 3 is 2.25 bits per heavy atom. The fourth-order valence-corrected chi connectivity index (χ4v) is 2.55. The predicted molar refractivity (Wildman–Crippen MR) is 86.1 cm³/mol. The van der Waals surface area contributed by atoms with Gasteiger partial charge in [-0.05, 0) is 55.9 Å². The molecule has 0 bridgehead atoms. The van der Waals surface area contributed by atoms with Crippen molar-refractivity contribution < 1.29 is 0 Å². The van der Waals surface area contributed by atoms with Crippen LogP contribution in [0.2, 0.25) is 0 Å². The molecule has 0 saturated heterocycles. The average molecular weight is 267 g/mol. The monoisotopic (exact) mass is 267 g/mol. The summed E-state index contributed by atoms with van der Waals surface area (Å²) < 4.78 is 0.